The minimum absolute atomic E-state index is 0.0801. The van der Waals surface area contributed by atoms with Crippen molar-refractivity contribution in [1.82, 2.24) is 0 Å². The van der Waals surface area contributed by atoms with Crippen LogP contribution in [0.5, 0.6) is 17.2 Å². The highest BCUT2D eigenvalue weighted by Crippen LogP contribution is 2.41. The van der Waals surface area contributed by atoms with Crippen molar-refractivity contribution in [1.29, 1.82) is 0 Å². The number of anilines is 1. The first-order valence-electron chi connectivity index (χ1n) is 9.54. The summed E-state index contributed by atoms with van der Waals surface area (Å²) in [5.74, 6) is 1.01. The summed E-state index contributed by atoms with van der Waals surface area (Å²) in [6, 6.07) is 10.5. The molecule has 29 heavy (non-hydrogen) atoms. The minimum Gasteiger partial charge on any atom is -0.489 e. The molecular formula is C23H27NO5. The van der Waals surface area contributed by atoms with Gasteiger partial charge in [-0.05, 0) is 48.7 Å². The summed E-state index contributed by atoms with van der Waals surface area (Å²) >= 11 is 0. The fraction of sp³-hybridized carbons (Fsp3) is 0.391. The van der Waals surface area contributed by atoms with E-state index >= 15 is 0 Å². The topological polar surface area (TPSA) is 87.8 Å². The molecule has 6 heteroatoms. The zero-order valence-electron chi connectivity index (χ0n) is 17.5. The van der Waals surface area contributed by atoms with E-state index in [4.69, 9.17) is 19.9 Å². The molecule has 2 aromatic carbocycles. The van der Waals surface area contributed by atoms with Crippen LogP contribution in [-0.2, 0) is 10.2 Å². The number of esters is 1. The zero-order valence-corrected chi connectivity index (χ0v) is 17.5. The fourth-order valence-corrected chi connectivity index (χ4v) is 3.30. The van der Waals surface area contributed by atoms with Crippen LogP contribution in [0.1, 0.15) is 57.0 Å². The molecular weight excluding hydrogens is 370 g/mol. The van der Waals surface area contributed by atoms with Gasteiger partial charge in [0.2, 0.25) is 0 Å². The molecule has 3 rings (SSSR count). The molecule has 0 saturated heterocycles. The molecule has 2 N–H and O–H groups in total. The van der Waals surface area contributed by atoms with E-state index in [-0.39, 0.29) is 24.2 Å². The van der Waals surface area contributed by atoms with Crippen LogP contribution in [0.15, 0.2) is 36.4 Å². The molecule has 6 nitrogen and oxygen atoms in total. The Morgan fingerprint density at radius 3 is 2.45 bits per heavy atom. The predicted octanol–water partition coefficient (Wildman–Crippen LogP) is 4.29. The largest absolute Gasteiger partial charge is 0.489 e. The number of hydrogen-bond donors (Lipinski definition) is 1. The van der Waals surface area contributed by atoms with Crippen LogP contribution >= 0.6 is 0 Å². The predicted molar refractivity (Wildman–Crippen MR) is 111 cm³/mol. The van der Waals surface area contributed by atoms with E-state index in [1.165, 1.54) is 6.92 Å². The Morgan fingerprint density at radius 2 is 1.86 bits per heavy atom. The number of nitrogens with two attached hydrogens (primary N) is 1. The highest BCUT2D eigenvalue weighted by atomic mass is 16.5. The van der Waals surface area contributed by atoms with Crippen LogP contribution in [0.3, 0.4) is 0 Å². The molecule has 2 aromatic rings. The Bertz CT molecular complexity index is 943. The number of rotatable bonds is 4. The third-order valence-corrected chi connectivity index (χ3v) is 4.76. The Labute approximate surface area is 171 Å². The minimum atomic E-state index is -0.816. The molecule has 0 aliphatic carbocycles. The monoisotopic (exact) mass is 397 g/mol. The molecule has 0 saturated carbocycles. The number of Topliss-reactive ketones (excluding diaryl/α,β-unsaturated/α-hetero) is 1. The molecule has 0 bridgehead atoms. The van der Waals surface area contributed by atoms with Gasteiger partial charge in [-0.1, -0.05) is 20.8 Å². The van der Waals surface area contributed by atoms with Crippen LogP contribution in [0.4, 0.5) is 5.69 Å². The maximum atomic E-state index is 12.9. The average molecular weight is 397 g/mol. The molecule has 0 aromatic heterocycles. The summed E-state index contributed by atoms with van der Waals surface area (Å²) in [7, 11) is 0. The van der Waals surface area contributed by atoms with Gasteiger partial charge in [0, 0.05) is 18.2 Å². The van der Waals surface area contributed by atoms with Gasteiger partial charge in [-0.2, -0.15) is 0 Å². The van der Waals surface area contributed by atoms with Crippen molar-refractivity contribution in [3.8, 4) is 17.2 Å². The summed E-state index contributed by atoms with van der Waals surface area (Å²) in [5, 5.41) is 0. The maximum absolute atomic E-state index is 12.9. The van der Waals surface area contributed by atoms with Crippen LogP contribution in [0.2, 0.25) is 0 Å². The van der Waals surface area contributed by atoms with E-state index in [0.717, 1.165) is 5.56 Å². The van der Waals surface area contributed by atoms with Gasteiger partial charge in [0.1, 0.15) is 29.5 Å². The average Bonchev–Trinajstić information content (AvgIpc) is 2.60. The van der Waals surface area contributed by atoms with Crippen molar-refractivity contribution in [3.05, 3.63) is 47.5 Å². The first kappa shape index (κ1) is 20.7. The van der Waals surface area contributed by atoms with Crippen LogP contribution in [0, 0.1) is 0 Å². The zero-order chi connectivity index (χ0) is 21.4. The SMILES string of the molecule is CC(=O)Oc1cc2c(cc1C(C)(C)C)OC(C)(COc1ccc(N)cc1)CC2=O. The summed E-state index contributed by atoms with van der Waals surface area (Å²) in [6.07, 6.45) is 0.156. The van der Waals surface area contributed by atoms with E-state index in [1.807, 2.05) is 27.7 Å². The van der Waals surface area contributed by atoms with Crippen molar-refractivity contribution >= 4 is 17.4 Å². The maximum Gasteiger partial charge on any atom is 0.308 e. The second-order valence-electron chi connectivity index (χ2n) is 8.70. The number of hydrogen-bond acceptors (Lipinski definition) is 6. The lowest BCUT2D eigenvalue weighted by molar-refractivity contribution is -0.132. The van der Waals surface area contributed by atoms with Gasteiger partial charge in [-0.3, -0.25) is 9.59 Å². The van der Waals surface area contributed by atoms with Crippen molar-refractivity contribution in [3.63, 3.8) is 0 Å². The second-order valence-corrected chi connectivity index (χ2v) is 8.70. The number of nitrogen functional groups attached to an aromatic ring is 1. The van der Waals surface area contributed by atoms with Crippen molar-refractivity contribution in [2.24, 2.45) is 0 Å². The Morgan fingerprint density at radius 1 is 1.21 bits per heavy atom. The summed E-state index contributed by atoms with van der Waals surface area (Å²) in [5.41, 5.74) is 6.44. The molecule has 1 heterocycles. The van der Waals surface area contributed by atoms with Crippen molar-refractivity contribution in [2.45, 2.75) is 52.1 Å². The highest BCUT2D eigenvalue weighted by molar-refractivity contribution is 6.01. The van der Waals surface area contributed by atoms with Crippen molar-refractivity contribution in [2.75, 3.05) is 12.3 Å². The van der Waals surface area contributed by atoms with Crippen LogP contribution < -0.4 is 19.9 Å². The number of fused-ring (bicyclic) bond motifs is 1. The van der Waals surface area contributed by atoms with E-state index in [0.29, 0.717) is 28.5 Å². The lowest BCUT2D eigenvalue weighted by atomic mass is 9.83. The molecule has 1 aliphatic heterocycles. The second kappa shape index (κ2) is 7.43. The van der Waals surface area contributed by atoms with Gasteiger partial charge in [0.05, 0.1) is 12.0 Å². The van der Waals surface area contributed by atoms with E-state index < -0.39 is 11.6 Å². The number of carbonyl (C=O) groups excluding carboxylic acids is 2. The van der Waals surface area contributed by atoms with Crippen molar-refractivity contribution < 1.29 is 23.8 Å². The molecule has 154 valence electrons. The fourth-order valence-electron chi connectivity index (χ4n) is 3.30. The number of benzene rings is 2. The number of carbonyl (C=O) groups is 2. The van der Waals surface area contributed by atoms with E-state index in [2.05, 4.69) is 0 Å². The van der Waals surface area contributed by atoms with Gasteiger partial charge >= 0.3 is 5.97 Å². The number of ketones is 1. The summed E-state index contributed by atoms with van der Waals surface area (Å²) < 4.78 is 17.4. The standard InChI is InChI=1S/C23H27NO5/c1-14(25)28-21-10-17-19(26)12-23(5,13-27-16-8-6-15(24)7-9-16)29-20(17)11-18(21)22(2,3)4/h6-11H,12-13,24H2,1-5H3. The molecule has 0 amide bonds. The molecule has 1 aliphatic rings. The lowest BCUT2D eigenvalue weighted by Gasteiger charge is -2.36. The molecule has 1 atom stereocenters. The van der Waals surface area contributed by atoms with Crippen LogP contribution in [0.25, 0.3) is 0 Å². The lowest BCUT2D eigenvalue weighted by Crippen LogP contribution is -2.44. The van der Waals surface area contributed by atoms with E-state index in [9.17, 15) is 9.59 Å². The normalized spacial score (nSPS) is 18.6. The van der Waals surface area contributed by atoms with E-state index in [1.54, 1.807) is 36.4 Å². The summed E-state index contributed by atoms with van der Waals surface area (Å²) in [6.45, 7) is 9.43. The quantitative estimate of drug-likeness (QED) is 0.470. The number of ether oxygens (including phenoxy) is 3. The summed E-state index contributed by atoms with van der Waals surface area (Å²) in [4.78, 5) is 24.4. The third kappa shape index (κ3) is 4.70. The van der Waals surface area contributed by atoms with Gasteiger partial charge < -0.3 is 19.9 Å². The molecule has 0 fully saturated rings. The van der Waals surface area contributed by atoms with Gasteiger partial charge in [-0.25, -0.2) is 0 Å². The Balaban J connectivity index is 1.90. The Kier molecular flexibility index (Phi) is 5.30. The first-order valence-corrected chi connectivity index (χ1v) is 9.54. The third-order valence-electron chi connectivity index (χ3n) is 4.76. The van der Waals surface area contributed by atoms with Crippen LogP contribution in [-0.4, -0.2) is 24.0 Å². The molecule has 0 spiro atoms. The van der Waals surface area contributed by atoms with Gasteiger partial charge in [-0.15, -0.1) is 0 Å². The smallest absolute Gasteiger partial charge is 0.308 e. The Hall–Kier alpha value is -3.02. The van der Waals surface area contributed by atoms with Gasteiger partial charge in [0.25, 0.3) is 0 Å². The molecule has 0 radical (unpaired) electrons. The first-order chi connectivity index (χ1) is 13.5. The van der Waals surface area contributed by atoms with Gasteiger partial charge in [0.15, 0.2) is 5.78 Å². The molecule has 1 unspecified atom stereocenters. The highest BCUT2D eigenvalue weighted by Gasteiger charge is 2.39.